The molecule has 0 aromatic heterocycles. The van der Waals surface area contributed by atoms with E-state index in [1.54, 1.807) is 0 Å². The number of carbonyl (C=O) groups is 2. The van der Waals surface area contributed by atoms with Crippen molar-refractivity contribution in [3.63, 3.8) is 0 Å². The van der Waals surface area contributed by atoms with E-state index < -0.39 is 28.7 Å². The van der Waals surface area contributed by atoms with E-state index in [1.165, 1.54) is 7.11 Å². The van der Waals surface area contributed by atoms with Crippen molar-refractivity contribution < 1.29 is 57.3 Å². The van der Waals surface area contributed by atoms with Crippen molar-refractivity contribution >= 4 is 24.5 Å². The Balaban J connectivity index is 0. The fourth-order valence-electron chi connectivity index (χ4n) is 2.94. The zero-order valence-electron chi connectivity index (χ0n) is 15.3. The standard InChI is InChI=1S/C14H25NO4S.C2H4O2.Hg/c1-13(2)9(11(16)17)5-7-14(13,3)12(18)15-8-6-10(20)19-4;1-2(3)4;/h9-10,20H,5-8H2,1-4H3,(H,15,18)(H,16,17);3-4H,1H2;/q;;+2/p-4. The van der Waals surface area contributed by atoms with Crippen LogP contribution in [0.5, 0.6) is 0 Å². The molecule has 1 rings (SSSR count). The Morgan fingerprint density at radius 2 is 1.80 bits per heavy atom. The van der Waals surface area contributed by atoms with Gasteiger partial charge in [-0.2, -0.15) is 0 Å². The van der Waals surface area contributed by atoms with E-state index in [-0.39, 0.29) is 39.0 Å². The van der Waals surface area contributed by atoms with Gasteiger partial charge in [-0.15, -0.1) is 6.58 Å². The molecule has 0 bridgehead atoms. The van der Waals surface area contributed by atoms with Crippen LogP contribution in [0.4, 0.5) is 0 Å². The number of nitrogens with one attached hydrogen (secondary N) is 1. The second-order valence-electron chi connectivity index (χ2n) is 6.55. The fraction of sp³-hybridized carbons (Fsp3) is 0.750. The third-order valence-corrected chi connectivity index (χ3v) is 5.37. The number of rotatable bonds is 6. The minimum absolute atomic E-state index is 0. The van der Waals surface area contributed by atoms with Crippen LogP contribution < -0.4 is 20.6 Å². The fourth-order valence-corrected chi connectivity index (χ4v) is 3.05. The predicted molar refractivity (Wildman–Crippen MR) is 84.5 cm³/mol. The first-order valence-electron chi connectivity index (χ1n) is 7.60. The van der Waals surface area contributed by atoms with Crippen molar-refractivity contribution in [1.82, 2.24) is 5.32 Å². The number of methoxy groups -OCH3 is 1. The van der Waals surface area contributed by atoms with Gasteiger partial charge in [0, 0.05) is 25.5 Å². The van der Waals surface area contributed by atoms with E-state index in [1.807, 2.05) is 20.8 Å². The van der Waals surface area contributed by atoms with Gasteiger partial charge in [0.25, 0.3) is 0 Å². The first-order chi connectivity index (χ1) is 10.9. The third kappa shape index (κ3) is 7.34. The van der Waals surface area contributed by atoms with Crippen molar-refractivity contribution in [2.24, 2.45) is 16.7 Å². The first kappa shape index (κ1) is 26.8. The largest absolute Gasteiger partial charge is 2.00 e. The summed E-state index contributed by atoms with van der Waals surface area (Å²) in [4.78, 5) is 23.6. The summed E-state index contributed by atoms with van der Waals surface area (Å²) in [6.07, 6.45) is 1.57. The maximum Gasteiger partial charge on any atom is 2.00 e. The van der Waals surface area contributed by atoms with E-state index in [0.29, 0.717) is 25.8 Å². The SMILES string of the molecule is C=C([O-])[O-].COC([S-])CCNC(=O)C1(C)CCC(C(=O)[O-])C1(C)C.[Hg+2]. The van der Waals surface area contributed by atoms with Crippen LogP contribution in [0.3, 0.4) is 0 Å². The van der Waals surface area contributed by atoms with Crippen molar-refractivity contribution in [3.8, 4) is 0 Å². The summed E-state index contributed by atoms with van der Waals surface area (Å²) in [6.45, 7) is 8.35. The van der Waals surface area contributed by atoms with Gasteiger partial charge in [-0.05, 0) is 24.7 Å². The molecule has 3 unspecified atom stereocenters. The number of amides is 1. The molecule has 1 N–H and O–H groups in total. The van der Waals surface area contributed by atoms with Crippen LogP contribution in [0.15, 0.2) is 12.5 Å². The Hall–Kier alpha value is -0.475. The third-order valence-electron chi connectivity index (χ3n) is 4.94. The van der Waals surface area contributed by atoms with Crippen molar-refractivity contribution in [1.29, 1.82) is 0 Å². The Kier molecular flexibility index (Phi) is 12.1. The Morgan fingerprint density at radius 1 is 1.32 bits per heavy atom. The van der Waals surface area contributed by atoms with Crippen LogP contribution in [0.1, 0.15) is 40.0 Å². The number of hydrogen-bond acceptors (Lipinski definition) is 7. The smallest absolute Gasteiger partial charge is 0.884 e. The minimum Gasteiger partial charge on any atom is -0.884 e. The molecular formula is C16H25HgNO6S-2. The van der Waals surface area contributed by atoms with Gasteiger partial charge >= 0.3 is 27.7 Å². The van der Waals surface area contributed by atoms with Gasteiger partial charge in [0.2, 0.25) is 5.91 Å². The molecule has 0 spiro atoms. The zero-order valence-corrected chi connectivity index (χ0v) is 21.6. The molecule has 3 atom stereocenters. The molecule has 0 radical (unpaired) electrons. The summed E-state index contributed by atoms with van der Waals surface area (Å²) in [5, 5.41) is 31.6. The van der Waals surface area contributed by atoms with Crippen LogP contribution in [0.2, 0.25) is 0 Å². The Morgan fingerprint density at radius 3 is 2.16 bits per heavy atom. The van der Waals surface area contributed by atoms with E-state index in [9.17, 15) is 14.7 Å². The van der Waals surface area contributed by atoms with E-state index in [4.69, 9.17) is 27.6 Å². The number of carbonyl (C=O) groups excluding carboxylic acids is 2. The number of ether oxygens (including phenoxy) is 1. The van der Waals surface area contributed by atoms with Crippen LogP contribution >= 0.6 is 0 Å². The monoisotopic (exact) mass is 561 g/mol. The Bertz CT molecular complexity index is 470. The molecule has 140 valence electrons. The van der Waals surface area contributed by atoms with Gasteiger partial charge < -0.3 is 42.8 Å². The summed E-state index contributed by atoms with van der Waals surface area (Å²) < 4.78 is 4.95. The molecule has 1 aliphatic carbocycles. The molecule has 1 aliphatic rings. The zero-order chi connectivity index (χ0) is 19.1. The molecular weight excluding hydrogens is 535 g/mol. The summed E-state index contributed by atoms with van der Waals surface area (Å²) >= 11 is 4.99. The number of aliphatic carboxylic acids is 1. The van der Waals surface area contributed by atoms with Crippen molar-refractivity contribution in [2.75, 3.05) is 13.7 Å². The second kappa shape index (κ2) is 11.3. The number of hydrogen-bond donors (Lipinski definition) is 1. The van der Waals surface area contributed by atoms with Gasteiger partial charge in [0.05, 0.1) is 5.41 Å². The summed E-state index contributed by atoms with van der Waals surface area (Å²) in [6, 6.07) is 0. The molecule has 1 saturated carbocycles. The Labute approximate surface area is 175 Å². The van der Waals surface area contributed by atoms with Crippen LogP contribution in [-0.2, 0) is 54.6 Å². The average molecular weight is 560 g/mol. The van der Waals surface area contributed by atoms with Gasteiger partial charge in [0.15, 0.2) is 0 Å². The van der Waals surface area contributed by atoms with E-state index in [0.717, 1.165) is 0 Å². The van der Waals surface area contributed by atoms with E-state index in [2.05, 4.69) is 11.9 Å². The van der Waals surface area contributed by atoms with Crippen molar-refractivity contribution in [3.05, 3.63) is 12.5 Å². The molecule has 0 heterocycles. The maximum atomic E-state index is 12.4. The molecule has 1 fully saturated rings. The molecule has 0 aromatic rings. The van der Waals surface area contributed by atoms with Crippen LogP contribution in [0.25, 0.3) is 0 Å². The minimum atomic E-state index is -1.33. The second-order valence-corrected chi connectivity index (χ2v) is 7.07. The molecule has 0 aliphatic heterocycles. The molecule has 7 nitrogen and oxygen atoms in total. The van der Waals surface area contributed by atoms with Crippen molar-refractivity contribution in [2.45, 2.75) is 45.5 Å². The molecule has 0 aromatic carbocycles. The topological polar surface area (TPSA) is 125 Å². The normalized spacial score (nSPS) is 24.9. The quantitative estimate of drug-likeness (QED) is 0.236. The number of carboxylic acid groups (broad SMARTS) is 1. The van der Waals surface area contributed by atoms with Gasteiger partial charge in [-0.3, -0.25) is 4.79 Å². The number of carboxylic acids is 1. The van der Waals surface area contributed by atoms with Crippen LogP contribution in [-0.4, -0.2) is 31.0 Å². The summed E-state index contributed by atoms with van der Waals surface area (Å²) in [5.74, 6) is -3.12. The average Bonchev–Trinajstić information content (AvgIpc) is 2.69. The van der Waals surface area contributed by atoms with E-state index >= 15 is 0 Å². The molecule has 9 heteroatoms. The maximum absolute atomic E-state index is 12.4. The predicted octanol–water partition coefficient (Wildman–Crippen LogP) is -1.62. The van der Waals surface area contributed by atoms with Gasteiger partial charge in [-0.25, -0.2) is 5.95 Å². The molecule has 1 amide bonds. The summed E-state index contributed by atoms with van der Waals surface area (Å²) in [5.41, 5.74) is -1.66. The first-order valence-corrected chi connectivity index (χ1v) is 8.08. The van der Waals surface area contributed by atoms with Gasteiger partial charge in [-0.1, -0.05) is 26.2 Å². The van der Waals surface area contributed by atoms with Crippen LogP contribution in [0, 0.1) is 16.7 Å². The molecule has 0 saturated heterocycles. The molecule has 25 heavy (non-hydrogen) atoms. The van der Waals surface area contributed by atoms with Gasteiger partial charge in [0.1, 0.15) is 0 Å². The summed E-state index contributed by atoms with van der Waals surface area (Å²) in [7, 11) is 1.53.